The van der Waals surface area contributed by atoms with Gasteiger partial charge in [0, 0.05) is 2.74 Å². The predicted molar refractivity (Wildman–Crippen MR) is 99.8 cm³/mol. The maximum atomic E-state index is 10.4. The van der Waals surface area contributed by atoms with Crippen molar-refractivity contribution < 1.29 is 35.8 Å². The van der Waals surface area contributed by atoms with Crippen LogP contribution in [0.1, 0.15) is 46.8 Å². The second-order valence-corrected chi connectivity index (χ2v) is 5.16. The van der Waals surface area contributed by atoms with Gasteiger partial charge in [0.1, 0.15) is 12.4 Å². The maximum Gasteiger partial charge on any atom is 0.160 e. The first-order valence-corrected chi connectivity index (χ1v) is 7.68. The molecule has 2 aromatic rings. The quantitative estimate of drug-likeness (QED) is 0.694. The third-order valence-electron chi connectivity index (χ3n) is 3.20. The van der Waals surface area contributed by atoms with Crippen molar-refractivity contribution in [2.75, 3.05) is 20.8 Å². The Labute approximate surface area is 167 Å². The van der Waals surface area contributed by atoms with E-state index in [1.807, 2.05) is 0 Å². The van der Waals surface area contributed by atoms with Crippen molar-refractivity contribution in [2.45, 2.75) is 38.7 Å². The first-order valence-electron chi connectivity index (χ1n) is 13.7. The zero-order chi connectivity index (χ0) is 28.5. The van der Waals surface area contributed by atoms with Crippen LogP contribution in [0.3, 0.4) is 0 Å². The summed E-state index contributed by atoms with van der Waals surface area (Å²) >= 11 is 0. The minimum absolute atomic E-state index is 0.0212. The van der Waals surface area contributed by atoms with E-state index in [0.29, 0.717) is 0 Å². The first kappa shape index (κ1) is 8.45. The summed E-state index contributed by atoms with van der Waals surface area (Å²) in [5.41, 5.74) is 0.137. The largest absolute Gasteiger partial charge is 0.493 e. The molecule has 1 unspecified atom stereocenters. The maximum absolute atomic E-state index is 10.4. The fourth-order valence-corrected chi connectivity index (χ4v) is 2.00. The molecule has 4 nitrogen and oxygen atoms in total. The Morgan fingerprint density at radius 3 is 2.84 bits per heavy atom. The fraction of sp³-hybridized carbons (Fsp3) is 0.429. The normalized spacial score (nSPS) is 19.8. The van der Waals surface area contributed by atoms with E-state index in [1.54, 1.807) is 0 Å². The molecule has 0 radical (unpaired) electrons. The molecule has 0 aliphatic carbocycles. The predicted octanol–water partition coefficient (Wildman–Crippen LogP) is 4.16. The molecule has 0 aliphatic rings. The number of methoxy groups -OCH3 is 2. The van der Waals surface area contributed by atoms with Crippen LogP contribution in [0.5, 0.6) is 17.2 Å². The van der Waals surface area contributed by atoms with E-state index in [1.165, 1.54) is 6.92 Å². The minimum atomic E-state index is -2.93. The molecule has 0 bridgehead atoms. The van der Waals surface area contributed by atoms with Crippen molar-refractivity contribution in [3.63, 3.8) is 0 Å². The van der Waals surface area contributed by atoms with Gasteiger partial charge in [-0.1, -0.05) is 24.5 Å². The van der Waals surface area contributed by atoms with E-state index < -0.39 is 56.0 Å². The number of aliphatic hydroxyl groups excluding tert-OH is 1. The first-order chi connectivity index (χ1) is 16.9. The van der Waals surface area contributed by atoms with Crippen LogP contribution in [0.2, 0.25) is 0 Å². The number of hydrogen-bond acceptors (Lipinski definition) is 4. The molecule has 2 rings (SSSR count). The van der Waals surface area contributed by atoms with Gasteiger partial charge in [0.05, 0.1) is 34.0 Å². The summed E-state index contributed by atoms with van der Waals surface area (Å²) in [6.07, 6.45) is -4.20. The summed E-state index contributed by atoms with van der Waals surface area (Å²) in [5, 5.41) is 10.4. The molecule has 0 fully saturated rings. The van der Waals surface area contributed by atoms with E-state index >= 15 is 0 Å². The van der Waals surface area contributed by atoms with Crippen LogP contribution in [0.25, 0.3) is 0 Å². The molecule has 0 saturated heterocycles. The highest BCUT2D eigenvalue weighted by Gasteiger charge is 2.07. The Morgan fingerprint density at radius 1 is 1.16 bits per heavy atom. The van der Waals surface area contributed by atoms with Crippen LogP contribution in [-0.4, -0.2) is 32.0 Å². The Bertz CT molecular complexity index is 1120. The van der Waals surface area contributed by atoms with Gasteiger partial charge in [0.25, 0.3) is 0 Å². The number of rotatable bonds is 10. The topological polar surface area (TPSA) is 47.9 Å². The Balaban J connectivity index is 2.14. The highest BCUT2D eigenvalue weighted by atomic mass is 16.5. The van der Waals surface area contributed by atoms with Crippen molar-refractivity contribution in [3.05, 3.63) is 53.4 Å². The molecular weight excluding hydrogens is 316 g/mol. The molecule has 2 aromatic carbocycles. The molecule has 1 N–H and O–H groups in total. The number of ether oxygens (including phenoxy) is 3. The van der Waals surface area contributed by atoms with Gasteiger partial charge in [-0.3, -0.25) is 0 Å². The Morgan fingerprint density at radius 2 is 2.04 bits per heavy atom. The van der Waals surface area contributed by atoms with Crippen LogP contribution >= 0.6 is 0 Å². The zero-order valence-corrected chi connectivity index (χ0v) is 14.1. The van der Waals surface area contributed by atoms with E-state index in [2.05, 4.69) is 0 Å². The van der Waals surface area contributed by atoms with Gasteiger partial charge in [-0.05, 0) is 61.4 Å². The average molecular weight is 357 g/mol. The second kappa shape index (κ2) is 9.94. The fourth-order valence-electron chi connectivity index (χ4n) is 2.00. The third-order valence-corrected chi connectivity index (χ3v) is 3.20. The highest BCUT2D eigenvalue weighted by Crippen LogP contribution is 2.28. The average Bonchev–Trinajstić information content (AvgIpc) is 2.81. The molecule has 0 spiro atoms. The molecule has 0 heterocycles. The van der Waals surface area contributed by atoms with Crippen LogP contribution in [0.4, 0.5) is 0 Å². The smallest absolute Gasteiger partial charge is 0.160 e. The summed E-state index contributed by atoms with van der Waals surface area (Å²) in [7, 11) is -1.77. The van der Waals surface area contributed by atoms with Gasteiger partial charge in [-0.15, -0.1) is 0 Å². The summed E-state index contributed by atoms with van der Waals surface area (Å²) < 4.78 is 109. The summed E-state index contributed by atoms with van der Waals surface area (Å²) in [5.74, 6) is -1.22. The zero-order valence-electron chi connectivity index (χ0n) is 26.1. The number of hydrogen-bond donors (Lipinski definition) is 1. The van der Waals surface area contributed by atoms with Crippen LogP contribution < -0.4 is 14.2 Å². The van der Waals surface area contributed by atoms with Crippen LogP contribution in [0.15, 0.2) is 42.3 Å². The van der Waals surface area contributed by atoms with Gasteiger partial charge >= 0.3 is 0 Å². The van der Waals surface area contributed by atoms with Gasteiger partial charge in [0.2, 0.25) is 0 Å². The lowest BCUT2D eigenvalue weighted by molar-refractivity contribution is 0.0976. The Kier molecular flexibility index (Phi) is 3.36. The van der Waals surface area contributed by atoms with Crippen LogP contribution in [0, 0.1) is 6.92 Å². The Hall–Kier alpha value is -2.20. The van der Waals surface area contributed by atoms with Crippen LogP contribution in [-0.2, 0) is 6.42 Å². The molecule has 4 heteroatoms. The number of aliphatic hydroxyl groups is 1. The monoisotopic (exact) mass is 356 g/mol. The molecular formula is C21H28O4. The van der Waals surface area contributed by atoms with Crippen molar-refractivity contribution in [3.8, 4) is 17.2 Å². The van der Waals surface area contributed by atoms with Crippen molar-refractivity contribution in [2.24, 2.45) is 0 Å². The van der Waals surface area contributed by atoms with E-state index in [-0.39, 0.29) is 60.0 Å². The van der Waals surface area contributed by atoms with Gasteiger partial charge < -0.3 is 19.3 Å². The minimum Gasteiger partial charge on any atom is -0.493 e. The van der Waals surface area contributed by atoms with Gasteiger partial charge in [-0.25, -0.2) is 0 Å². The SMILES string of the molecule is [2H]c1c([2H])c(C)c([2H])c(OCC(O)C([2H])([2H])CCCc2c([2H])c([2H])c(OC([2H])([2H])[2H])c(OC)c2[2H])c1[2H]. The summed E-state index contributed by atoms with van der Waals surface area (Å²) in [4.78, 5) is 0. The van der Waals surface area contributed by atoms with E-state index in [9.17, 15) is 5.11 Å². The highest BCUT2D eigenvalue weighted by molar-refractivity contribution is 5.42. The molecule has 25 heavy (non-hydrogen) atoms. The van der Waals surface area contributed by atoms with Crippen molar-refractivity contribution >= 4 is 0 Å². The summed E-state index contributed by atoms with van der Waals surface area (Å²) in [6.45, 7) is 0.797. The van der Waals surface area contributed by atoms with Gasteiger partial charge in [0.15, 0.2) is 11.5 Å². The molecule has 0 aromatic heterocycles. The molecule has 136 valence electrons. The van der Waals surface area contributed by atoms with Crippen molar-refractivity contribution in [1.29, 1.82) is 0 Å². The molecule has 0 amide bonds. The lowest BCUT2D eigenvalue weighted by Gasteiger charge is -2.13. The van der Waals surface area contributed by atoms with Crippen molar-refractivity contribution in [1.82, 2.24) is 0 Å². The van der Waals surface area contributed by atoms with E-state index in [0.717, 1.165) is 7.11 Å². The lowest BCUT2D eigenvalue weighted by atomic mass is 10.0. The summed E-state index contributed by atoms with van der Waals surface area (Å²) in [6, 6.07) is -2.95. The lowest BCUT2D eigenvalue weighted by Crippen LogP contribution is -2.17. The molecule has 0 saturated carbocycles. The second-order valence-electron chi connectivity index (χ2n) is 5.16. The molecule has 0 aliphatic heterocycles. The third kappa shape index (κ3) is 6.31. The van der Waals surface area contributed by atoms with E-state index in [4.69, 9.17) is 30.7 Å². The molecule has 1 atom stereocenters. The number of benzene rings is 2. The standard InChI is InChI=1S/C21H28O4/c1-16-7-6-10-19(13-16)25-15-18(22)9-5-4-8-17-11-12-20(23-2)21(14-17)24-3/h6-7,10-14,18,22H,4-5,8-9,15H2,1-3H3/i2D3,6D,7D,9D2,10D,11D,12D,13D,14D. The van der Waals surface area contributed by atoms with Gasteiger partial charge in [-0.2, -0.15) is 0 Å².